The number of unbranched alkanes of at least 4 members (excludes halogenated alkanes) is 1. The molecular weight excluding hydrogens is 424 g/mol. The van der Waals surface area contributed by atoms with Crippen LogP contribution in [-0.2, 0) is 0 Å². The Morgan fingerprint density at radius 1 is 0.912 bits per heavy atom. The number of hydrogen-bond acceptors (Lipinski definition) is 4. The van der Waals surface area contributed by atoms with E-state index in [1.54, 1.807) is 0 Å². The van der Waals surface area contributed by atoms with E-state index in [-0.39, 0.29) is 17.7 Å². The molecule has 4 rings (SSSR count). The fourth-order valence-electron chi connectivity index (χ4n) is 4.39. The zero-order valence-corrected chi connectivity index (χ0v) is 19.7. The summed E-state index contributed by atoms with van der Waals surface area (Å²) in [5.41, 5.74) is 3.56. The van der Waals surface area contributed by atoms with E-state index in [9.17, 15) is 9.59 Å². The Hall–Kier alpha value is -3.44. The summed E-state index contributed by atoms with van der Waals surface area (Å²) in [4.78, 5) is 27.7. The van der Waals surface area contributed by atoms with Crippen molar-refractivity contribution in [3.63, 3.8) is 0 Å². The molecule has 5 nitrogen and oxygen atoms in total. The second-order valence-corrected chi connectivity index (χ2v) is 8.63. The number of para-hydroxylation sites is 1. The molecule has 1 atom stereocenters. The molecule has 1 aliphatic heterocycles. The van der Waals surface area contributed by atoms with Gasteiger partial charge in [0.25, 0.3) is 5.91 Å². The monoisotopic (exact) mass is 456 g/mol. The third kappa shape index (κ3) is 5.72. The first-order valence-electron chi connectivity index (χ1n) is 12.1. The van der Waals surface area contributed by atoms with Crippen LogP contribution in [0.5, 0.6) is 5.75 Å². The summed E-state index contributed by atoms with van der Waals surface area (Å²) < 4.78 is 5.86. The molecule has 3 aromatic rings. The lowest BCUT2D eigenvalue weighted by Crippen LogP contribution is -2.48. The lowest BCUT2D eigenvalue weighted by molar-refractivity contribution is 0.0665. The number of rotatable bonds is 10. The summed E-state index contributed by atoms with van der Waals surface area (Å²) in [6.07, 6.45) is 2.73. The van der Waals surface area contributed by atoms with Gasteiger partial charge >= 0.3 is 0 Å². The highest BCUT2D eigenvalue weighted by Gasteiger charge is 2.32. The number of benzene rings is 3. The topological polar surface area (TPSA) is 58.6 Å². The van der Waals surface area contributed by atoms with E-state index in [4.69, 9.17) is 4.74 Å². The van der Waals surface area contributed by atoms with Crippen LogP contribution in [0.3, 0.4) is 0 Å². The number of hydrogen-bond donors (Lipinski definition) is 1. The highest BCUT2D eigenvalue weighted by atomic mass is 16.5. The van der Waals surface area contributed by atoms with Crippen LogP contribution in [0.4, 0.5) is 0 Å². The van der Waals surface area contributed by atoms with Crippen molar-refractivity contribution in [1.29, 1.82) is 0 Å². The fraction of sp³-hybridized carbons (Fsp3) is 0.310. The summed E-state index contributed by atoms with van der Waals surface area (Å²) in [5.74, 6) is 0.764. The quantitative estimate of drug-likeness (QED) is 0.425. The van der Waals surface area contributed by atoms with Crippen molar-refractivity contribution < 1.29 is 14.3 Å². The highest BCUT2D eigenvalue weighted by Crippen LogP contribution is 2.26. The van der Waals surface area contributed by atoms with Crippen LogP contribution < -0.4 is 10.1 Å². The van der Waals surface area contributed by atoms with Crippen molar-refractivity contribution in [3.8, 4) is 16.9 Å². The lowest BCUT2D eigenvalue weighted by atomic mass is 9.99. The van der Waals surface area contributed by atoms with Gasteiger partial charge in [-0.1, -0.05) is 61.5 Å². The summed E-state index contributed by atoms with van der Waals surface area (Å²) in [6, 6.07) is 25.0. The van der Waals surface area contributed by atoms with Gasteiger partial charge in [0, 0.05) is 12.1 Å². The number of Topliss-reactive ketones (excluding diaryl/α,β-unsaturated/α-hetero) is 1. The van der Waals surface area contributed by atoms with Gasteiger partial charge in [-0.05, 0) is 67.7 Å². The third-order valence-electron chi connectivity index (χ3n) is 6.22. The smallest absolute Gasteiger partial charge is 0.251 e. The molecule has 0 saturated heterocycles. The van der Waals surface area contributed by atoms with Gasteiger partial charge in [-0.15, -0.1) is 0 Å². The molecule has 0 unspecified atom stereocenters. The minimum atomic E-state index is -0.243. The predicted molar refractivity (Wildman–Crippen MR) is 135 cm³/mol. The summed E-state index contributed by atoms with van der Waals surface area (Å²) in [5, 5.41) is 3.02. The molecule has 176 valence electrons. The zero-order chi connectivity index (χ0) is 23.8. The standard InChI is InChI=1S/C29H32N2O3/c1-2-19-31(26-21-34-27-13-7-6-12-25(27)28(26)32)20-9-8-18-30-29(33)24-16-14-23(15-17-24)22-10-4-3-5-11-22/h3-7,10-17,26H,2,8-9,18-21H2,1H3,(H,30,33)/t26-/m1/s1. The average Bonchev–Trinajstić information content (AvgIpc) is 2.89. The summed E-state index contributed by atoms with van der Waals surface area (Å²) >= 11 is 0. The molecule has 1 heterocycles. The van der Waals surface area contributed by atoms with Gasteiger partial charge in [0.05, 0.1) is 5.56 Å². The van der Waals surface area contributed by atoms with Crippen molar-refractivity contribution in [3.05, 3.63) is 90.0 Å². The van der Waals surface area contributed by atoms with E-state index >= 15 is 0 Å². The van der Waals surface area contributed by atoms with Crippen LogP contribution in [0.2, 0.25) is 0 Å². The Bertz CT molecular complexity index is 1100. The molecule has 0 fully saturated rings. The lowest BCUT2D eigenvalue weighted by Gasteiger charge is -2.33. The van der Waals surface area contributed by atoms with Crippen molar-refractivity contribution in [1.82, 2.24) is 10.2 Å². The first-order valence-corrected chi connectivity index (χ1v) is 12.1. The molecule has 0 spiro atoms. The number of ether oxygens (including phenoxy) is 1. The fourth-order valence-corrected chi connectivity index (χ4v) is 4.39. The Kier molecular flexibility index (Phi) is 8.10. The first-order chi connectivity index (χ1) is 16.7. The molecule has 1 aliphatic rings. The summed E-state index contributed by atoms with van der Waals surface area (Å²) in [7, 11) is 0. The van der Waals surface area contributed by atoms with Gasteiger partial charge in [-0.25, -0.2) is 0 Å². The molecular formula is C29H32N2O3. The van der Waals surface area contributed by atoms with Crippen LogP contribution in [0, 0.1) is 0 Å². The maximum Gasteiger partial charge on any atom is 0.251 e. The molecule has 0 bridgehead atoms. The van der Waals surface area contributed by atoms with Crippen molar-refractivity contribution >= 4 is 11.7 Å². The maximum atomic E-state index is 13.0. The molecule has 0 aliphatic carbocycles. The third-order valence-corrected chi connectivity index (χ3v) is 6.22. The van der Waals surface area contributed by atoms with E-state index in [1.165, 1.54) is 0 Å². The normalized spacial score (nSPS) is 15.0. The van der Waals surface area contributed by atoms with Crippen LogP contribution in [0.25, 0.3) is 11.1 Å². The van der Waals surface area contributed by atoms with Gasteiger partial charge in [0.15, 0.2) is 5.78 Å². The minimum Gasteiger partial charge on any atom is -0.491 e. The van der Waals surface area contributed by atoms with Crippen LogP contribution in [0.15, 0.2) is 78.9 Å². The van der Waals surface area contributed by atoms with E-state index in [2.05, 4.69) is 29.3 Å². The minimum absolute atomic E-state index is 0.0579. The van der Waals surface area contributed by atoms with Gasteiger partial charge < -0.3 is 10.1 Å². The first kappa shape index (κ1) is 23.7. The van der Waals surface area contributed by atoms with Crippen molar-refractivity contribution in [2.75, 3.05) is 26.2 Å². The van der Waals surface area contributed by atoms with Gasteiger partial charge in [0.1, 0.15) is 18.4 Å². The molecule has 0 saturated carbocycles. The SMILES string of the molecule is CCCN(CCCCNC(=O)c1ccc(-c2ccccc2)cc1)[C@@H]1COc2ccccc2C1=O. The number of amides is 1. The molecule has 1 amide bonds. The predicted octanol–water partition coefficient (Wildman–Crippen LogP) is 5.22. The highest BCUT2D eigenvalue weighted by molar-refractivity contribution is 6.03. The zero-order valence-electron chi connectivity index (χ0n) is 19.7. The van der Waals surface area contributed by atoms with Gasteiger partial charge in [0.2, 0.25) is 0 Å². The summed E-state index contributed by atoms with van der Waals surface area (Å²) in [6.45, 7) is 4.78. The number of nitrogens with zero attached hydrogens (tertiary/aromatic N) is 1. The van der Waals surface area contributed by atoms with Crippen LogP contribution >= 0.6 is 0 Å². The van der Waals surface area contributed by atoms with Crippen LogP contribution in [-0.4, -0.2) is 48.9 Å². The van der Waals surface area contributed by atoms with E-state index in [1.807, 2.05) is 66.7 Å². The van der Waals surface area contributed by atoms with E-state index < -0.39 is 0 Å². The van der Waals surface area contributed by atoms with Gasteiger partial charge in [-0.2, -0.15) is 0 Å². The molecule has 1 N–H and O–H groups in total. The molecule has 34 heavy (non-hydrogen) atoms. The van der Waals surface area contributed by atoms with Crippen molar-refractivity contribution in [2.24, 2.45) is 0 Å². The molecule has 0 aromatic heterocycles. The maximum absolute atomic E-state index is 13.0. The number of nitrogens with one attached hydrogen (secondary N) is 1. The second kappa shape index (κ2) is 11.6. The second-order valence-electron chi connectivity index (χ2n) is 8.63. The van der Waals surface area contributed by atoms with Crippen LogP contribution in [0.1, 0.15) is 46.9 Å². The Labute approximate surface area is 201 Å². The van der Waals surface area contributed by atoms with Crippen molar-refractivity contribution in [2.45, 2.75) is 32.2 Å². The number of ketones is 1. The number of carbonyl (C=O) groups excluding carboxylic acids is 2. The van der Waals surface area contributed by atoms with E-state index in [0.717, 1.165) is 43.5 Å². The van der Waals surface area contributed by atoms with E-state index in [0.29, 0.717) is 30.0 Å². The van der Waals surface area contributed by atoms with Gasteiger partial charge in [-0.3, -0.25) is 14.5 Å². The molecule has 5 heteroatoms. The Balaban J connectivity index is 1.24. The number of carbonyl (C=O) groups is 2. The largest absolute Gasteiger partial charge is 0.491 e. The number of fused-ring (bicyclic) bond motifs is 1. The molecule has 0 radical (unpaired) electrons. The Morgan fingerprint density at radius 2 is 1.62 bits per heavy atom. The average molecular weight is 457 g/mol. The Morgan fingerprint density at radius 3 is 2.38 bits per heavy atom. The molecule has 3 aromatic carbocycles.